The molecule has 92 valence electrons. The molecule has 1 heterocycles. The number of rotatable bonds is 3. The minimum absolute atomic E-state index is 0.0806. The van der Waals surface area contributed by atoms with Crippen molar-refractivity contribution in [1.29, 1.82) is 0 Å². The molecule has 1 saturated heterocycles. The van der Waals surface area contributed by atoms with Crippen molar-refractivity contribution >= 4 is 29.1 Å². The average Bonchev–Trinajstić information content (AvgIpc) is 2.79. The largest absolute Gasteiger partial charge is 0.295 e. The third kappa shape index (κ3) is 2.69. The van der Waals surface area contributed by atoms with Crippen molar-refractivity contribution in [3.05, 3.63) is 33.8 Å². The molecule has 0 aliphatic carbocycles. The molecule has 1 aromatic rings. The number of halogens is 1. The molecule has 0 radical (unpaired) electrons. The minimum atomic E-state index is 0.0806. The number of thioether (sulfide) groups is 1. The molecule has 1 aliphatic heterocycles. The third-order valence-corrected chi connectivity index (χ3v) is 5.37. The van der Waals surface area contributed by atoms with Crippen LogP contribution in [0.4, 0.5) is 0 Å². The molecule has 0 bridgehead atoms. The highest BCUT2D eigenvalue weighted by molar-refractivity contribution is 8.08. The molecule has 0 saturated carbocycles. The number of benzene rings is 1. The van der Waals surface area contributed by atoms with Crippen molar-refractivity contribution in [1.82, 2.24) is 0 Å². The van der Waals surface area contributed by atoms with Crippen molar-refractivity contribution in [3.8, 4) is 0 Å². The Kier molecular flexibility index (Phi) is 3.30. The van der Waals surface area contributed by atoms with E-state index in [1.54, 1.807) is 6.92 Å². The van der Waals surface area contributed by atoms with Crippen LogP contribution in [0, 0.1) is 6.92 Å². The smallest absolute Gasteiger partial charge is 0.160 e. The molecule has 1 aliphatic rings. The summed E-state index contributed by atoms with van der Waals surface area (Å²) in [7, 11) is 0. The average molecular weight is 269 g/mol. The number of Topliss-reactive ketones (excluding diaryl/α,β-unsaturated/α-hetero) is 1. The molecule has 0 N–H and O–H groups in total. The quantitative estimate of drug-likeness (QED) is 0.601. The maximum atomic E-state index is 11.4. The summed E-state index contributed by atoms with van der Waals surface area (Å²) in [5, 5.41) is 1.38. The Balaban J connectivity index is 2.25. The third-order valence-electron chi connectivity index (χ3n) is 3.34. The summed E-state index contributed by atoms with van der Waals surface area (Å²) in [6.45, 7) is 8.07. The topological polar surface area (TPSA) is 17.1 Å². The summed E-state index contributed by atoms with van der Waals surface area (Å²) in [5.74, 6) is 0.0806. The number of ketones is 1. The van der Waals surface area contributed by atoms with Gasteiger partial charge >= 0.3 is 0 Å². The van der Waals surface area contributed by atoms with Crippen molar-refractivity contribution in [2.45, 2.75) is 44.1 Å². The maximum absolute atomic E-state index is 11.4. The number of carbonyl (C=O) groups is 1. The Bertz CT molecular complexity index is 479. The van der Waals surface area contributed by atoms with Crippen LogP contribution >= 0.6 is 23.4 Å². The highest BCUT2D eigenvalue weighted by atomic mass is 35.5. The second-order valence-corrected chi connectivity index (χ2v) is 7.49. The fourth-order valence-corrected chi connectivity index (χ4v) is 3.35. The Hall–Kier alpha value is -0.470. The number of hydrogen-bond acceptors (Lipinski definition) is 2. The Morgan fingerprint density at radius 3 is 2.53 bits per heavy atom. The lowest BCUT2D eigenvalue weighted by molar-refractivity contribution is 0.101. The van der Waals surface area contributed by atoms with Gasteiger partial charge in [0.15, 0.2) is 5.78 Å². The molecule has 2 rings (SSSR count). The van der Waals surface area contributed by atoms with Gasteiger partial charge in [-0.2, -0.15) is 0 Å². The molecular formula is C14H17ClOS. The van der Waals surface area contributed by atoms with E-state index in [-0.39, 0.29) is 5.78 Å². The summed E-state index contributed by atoms with van der Waals surface area (Å²) in [4.78, 5) is 11.4. The van der Waals surface area contributed by atoms with Crippen LogP contribution in [0.2, 0.25) is 5.02 Å². The lowest BCUT2D eigenvalue weighted by Gasteiger charge is -2.09. The van der Waals surface area contributed by atoms with Gasteiger partial charge in [-0.25, -0.2) is 0 Å². The molecule has 1 aromatic carbocycles. The van der Waals surface area contributed by atoms with Crippen LogP contribution in [0.25, 0.3) is 0 Å². The zero-order valence-electron chi connectivity index (χ0n) is 10.6. The van der Waals surface area contributed by atoms with Gasteiger partial charge < -0.3 is 0 Å². The fraction of sp³-hybridized carbons (Fsp3) is 0.500. The van der Waals surface area contributed by atoms with Gasteiger partial charge in [-0.1, -0.05) is 17.7 Å². The first kappa shape index (κ1) is 13.0. The number of carbonyl (C=O) groups excluding carboxylic acids is 1. The number of aryl methyl sites for hydroxylation is 1. The first-order chi connectivity index (χ1) is 7.81. The molecule has 1 atom stereocenters. The van der Waals surface area contributed by atoms with Gasteiger partial charge in [-0.3, -0.25) is 4.79 Å². The van der Waals surface area contributed by atoms with E-state index in [0.29, 0.717) is 10.00 Å². The first-order valence-electron chi connectivity index (χ1n) is 5.79. The predicted molar refractivity (Wildman–Crippen MR) is 75.4 cm³/mol. The summed E-state index contributed by atoms with van der Waals surface area (Å²) in [6, 6.07) is 3.88. The number of hydrogen-bond donors (Lipinski definition) is 0. The van der Waals surface area contributed by atoms with Crippen LogP contribution < -0.4 is 0 Å². The van der Waals surface area contributed by atoms with E-state index in [0.717, 1.165) is 28.1 Å². The summed E-state index contributed by atoms with van der Waals surface area (Å²) in [5.41, 5.74) is 2.93. The van der Waals surface area contributed by atoms with Crippen LogP contribution in [0.15, 0.2) is 12.1 Å². The second-order valence-electron chi connectivity index (χ2n) is 5.23. The molecular weight excluding hydrogens is 252 g/mol. The maximum Gasteiger partial charge on any atom is 0.160 e. The van der Waals surface area contributed by atoms with Crippen molar-refractivity contribution < 1.29 is 4.79 Å². The summed E-state index contributed by atoms with van der Waals surface area (Å²) in [6.07, 6.45) is 0.996. The summed E-state index contributed by atoms with van der Waals surface area (Å²) >= 11 is 8.24. The van der Waals surface area contributed by atoms with Crippen molar-refractivity contribution in [2.24, 2.45) is 0 Å². The Morgan fingerprint density at radius 2 is 2.06 bits per heavy atom. The molecule has 0 amide bonds. The molecule has 1 nitrogen and oxygen atoms in total. The Morgan fingerprint density at radius 1 is 1.47 bits per heavy atom. The van der Waals surface area contributed by atoms with Gasteiger partial charge in [0, 0.05) is 20.6 Å². The van der Waals surface area contributed by atoms with Gasteiger partial charge in [0.1, 0.15) is 0 Å². The van der Waals surface area contributed by atoms with E-state index >= 15 is 0 Å². The molecule has 3 heteroatoms. The van der Waals surface area contributed by atoms with Crippen molar-refractivity contribution in [3.63, 3.8) is 0 Å². The molecule has 0 spiro atoms. The lowest BCUT2D eigenvalue weighted by Crippen LogP contribution is -2.07. The zero-order valence-corrected chi connectivity index (χ0v) is 12.2. The SMILES string of the molecule is CC(=O)c1cc(Cl)c(CC2SC2(C)C)cc1C. The van der Waals surface area contributed by atoms with Gasteiger partial charge in [-0.05, 0) is 51.3 Å². The highest BCUT2D eigenvalue weighted by Gasteiger charge is 2.46. The van der Waals surface area contributed by atoms with Gasteiger partial charge in [0.2, 0.25) is 0 Å². The monoisotopic (exact) mass is 268 g/mol. The first-order valence-corrected chi connectivity index (χ1v) is 7.05. The molecule has 0 aromatic heterocycles. The van der Waals surface area contributed by atoms with Gasteiger partial charge in [-0.15, -0.1) is 11.8 Å². The molecule has 17 heavy (non-hydrogen) atoms. The van der Waals surface area contributed by atoms with Crippen LogP contribution in [0.5, 0.6) is 0 Å². The van der Waals surface area contributed by atoms with E-state index in [1.165, 1.54) is 0 Å². The lowest BCUT2D eigenvalue weighted by atomic mass is 9.97. The van der Waals surface area contributed by atoms with E-state index in [4.69, 9.17) is 11.6 Å². The van der Waals surface area contributed by atoms with E-state index in [9.17, 15) is 4.79 Å². The fourth-order valence-electron chi connectivity index (χ4n) is 2.10. The summed E-state index contributed by atoms with van der Waals surface area (Å²) < 4.78 is 0.385. The normalized spacial score (nSPS) is 21.4. The standard InChI is InChI=1S/C14H17ClOS/c1-8-5-10(6-13-14(3,4)17-13)12(15)7-11(8)9(2)16/h5,7,13H,6H2,1-4H3. The van der Waals surface area contributed by atoms with Crippen LogP contribution in [0.1, 0.15) is 42.3 Å². The van der Waals surface area contributed by atoms with Gasteiger partial charge in [0.05, 0.1) is 0 Å². The van der Waals surface area contributed by atoms with Crippen LogP contribution in [-0.2, 0) is 6.42 Å². The van der Waals surface area contributed by atoms with E-state index in [2.05, 4.69) is 19.9 Å². The van der Waals surface area contributed by atoms with Crippen molar-refractivity contribution in [2.75, 3.05) is 0 Å². The van der Waals surface area contributed by atoms with Crippen LogP contribution in [-0.4, -0.2) is 15.8 Å². The second kappa shape index (κ2) is 4.33. The molecule has 1 fully saturated rings. The Labute approximate surface area is 112 Å². The van der Waals surface area contributed by atoms with Crippen LogP contribution in [0.3, 0.4) is 0 Å². The molecule has 1 unspecified atom stereocenters. The zero-order chi connectivity index (χ0) is 12.8. The predicted octanol–water partition coefficient (Wildman–Crippen LogP) is 4.29. The highest BCUT2D eigenvalue weighted by Crippen LogP contribution is 2.54. The van der Waals surface area contributed by atoms with E-state index < -0.39 is 0 Å². The minimum Gasteiger partial charge on any atom is -0.295 e. The van der Waals surface area contributed by atoms with Gasteiger partial charge in [0.25, 0.3) is 0 Å². The van der Waals surface area contributed by atoms with E-state index in [1.807, 2.05) is 24.8 Å².